The number of thioether (sulfide) groups is 1. The van der Waals surface area contributed by atoms with E-state index in [2.05, 4.69) is 5.32 Å². The van der Waals surface area contributed by atoms with Crippen LogP contribution in [0.15, 0.2) is 0 Å². The predicted molar refractivity (Wildman–Crippen MR) is 41.8 cm³/mol. The van der Waals surface area contributed by atoms with E-state index in [9.17, 15) is 9.59 Å². The van der Waals surface area contributed by atoms with Gasteiger partial charge in [0.25, 0.3) is 0 Å². The first-order valence-electron chi connectivity index (χ1n) is 3.07. The Labute approximate surface area is 64.6 Å². The zero-order valence-corrected chi connectivity index (χ0v) is 6.96. The molecule has 0 rings (SSSR count). The third kappa shape index (κ3) is 5.62. The molecule has 0 saturated heterocycles. The lowest BCUT2D eigenvalue weighted by Gasteiger charge is -1.97. The Bertz CT molecular complexity index is 136. The van der Waals surface area contributed by atoms with E-state index in [0.717, 1.165) is 5.75 Å². The van der Waals surface area contributed by atoms with Gasteiger partial charge in [0.05, 0.1) is 6.54 Å². The Morgan fingerprint density at radius 2 is 2.10 bits per heavy atom. The van der Waals surface area contributed by atoms with Crippen molar-refractivity contribution in [1.29, 1.82) is 0 Å². The zero-order valence-electron chi connectivity index (χ0n) is 6.14. The Hall–Kier alpha value is -0.510. The average Bonchev–Trinajstić information content (AvgIpc) is 1.85. The molecule has 0 fully saturated rings. The van der Waals surface area contributed by atoms with Gasteiger partial charge in [0.2, 0.25) is 11.0 Å². The van der Waals surface area contributed by atoms with Crippen LogP contribution in [0.3, 0.4) is 0 Å². The van der Waals surface area contributed by atoms with Crippen LogP contribution < -0.4 is 5.32 Å². The first-order valence-corrected chi connectivity index (χ1v) is 4.05. The number of hydrogen-bond donors (Lipinski definition) is 1. The summed E-state index contributed by atoms with van der Waals surface area (Å²) < 4.78 is 0. The molecule has 0 bridgehead atoms. The highest BCUT2D eigenvalue weighted by atomic mass is 32.2. The van der Waals surface area contributed by atoms with Crippen molar-refractivity contribution in [2.75, 3.05) is 12.3 Å². The third-order valence-corrected chi connectivity index (χ3v) is 1.54. The molecule has 1 amide bonds. The fourth-order valence-electron chi connectivity index (χ4n) is 0.409. The Kier molecular flexibility index (Phi) is 5.02. The van der Waals surface area contributed by atoms with Crippen LogP contribution in [0.2, 0.25) is 0 Å². The van der Waals surface area contributed by atoms with Crippen LogP contribution in [0, 0.1) is 0 Å². The number of carbonyl (C=O) groups excluding carboxylic acids is 2. The molecule has 0 aliphatic carbocycles. The standard InChI is InChI=1S/C6H11NO2S/c1-3-10-6(9)4-7-5(2)8/h3-4H2,1-2H3,(H,7,8). The Morgan fingerprint density at radius 1 is 1.50 bits per heavy atom. The van der Waals surface area contributed by atoms with Gasteiger partial charge in [0.15, 0.2) is 0 Å². The number of hydrogen-bond acceptors (Lipinski definition) is 3. The van der Waals surface area contributed by atoms with E-state index in [1.165, 1.54) is 18.7 Å². The van der Waals surface area contributed by atoms with E-state index in [0.29, 0.717) is 0 Å². The van der Waals surface area contributed by atoms with Gasteiger partial charge in [-0.25, -0.2) is 0 Å². The Balaban J connectivity index is 3.30. The van der Waals surface area contributed by atoms with Crippen molar-refractivity contribution in [3.8, 4) is 0 Å². The lowest BCUT2D eigenvalue weighted by Crippen LogP contribution is -2.25. The van der Waals surface area contributed by atoms with E-state index in [1.807, 2.05) is 6.92 Å². The summed E-state index contributed by atoms with van der Waals surface area (Å²) in [6.07, 6.45) is 0. The normalized spacial score (nSPS) is 9.00. The molecule has 0 aliphatic rings. The minimum atomic E-state index is -0.162. The smallest absolute Gasteiger partial charge is 0.217 e. The van der Waals surface area contributed by atoms with Crippen molar-refractivity contribution in [3.63, 3.8) is 0 Å². The van der Waals surface area contributed by atoms with E-state index in [1.54, 1.807) is 0 Å². The maximum Gasteiger partial charge on any atom is 0.217 e. The number of nitrogens with one attached hydrogen (secondary N) is 1. The average molecular weight is 161 g/mol. The quantitative estimate of drug-likeness (QED) is 0.651. The van der Waals surface area contributed by atoms with Crippen molar-refractivity contribution in [2.45, 2.75) is 13.8 Å². The minimum Gasteiger partial charge on any atom is -0.348 e. The molecule has 10 heavy (non-hydrogen) atoms. The molecule has 58 valence electrons. The third-order valence-electron chi connectivity index (χ3n) is 0.787. The second-order valence-corrected chi connectivity index (χ2v) is 3.04. The summed E-state index contributed by atoms with van der Waals surface area (Å²) in [6, 6.07) is 0. The van der Waals surface area contributed by atoms with E-state index in [-0.39, 0.29) is 17.6 Å². The largest absolute Gasteiger partial charge is 0.348 e. The molecule has 0 aromatic heterocycles. The van der Waals surface area contributed by atoms with Gasteiger partial charge in [-0.3, -0.25) is 9.59 Å². The topological polar surface area (TPSA) is 46.2 Å². The molecule has 0 heterocycles. The fraction of sp³-hybridized carbons (Fsp3) is 0.667. The molecule has 0 aromatic rings. The van der Waals surface area contributed by atoms with Crippen LogP contribution in [0.4, 0.5) is 0 Å². The number of carbonyl (C=O) groups is 2. The molecule has 3 nitrogen and oxygen atoms in total. The predicted octanol–water partition coefficient (Wildman–Crippen LogP) is 0.402. The van der Waals surface area contributed by atoms with Crippen LogP contribution in [0.5, 0.6) is 0 Å². The SMILES string of the molecule is CCSC(=O)CNC(C)=O. The van der Waals surface area contributed by atoms with Gasteiger partial charge in [-0.05, 0) is 5.75 Å². The van der Waals surface area contributed by atoms with Gasteiger partial charge in [-0.2, -0.15) is 0 Å². The molecular weight excluding hydrogens is 150 g/mol. The highest BCUT2D eigenvalue weighted by Gasteiger charge is 1.99. The summed E-state index contributed by atoms with van der Waals surface area (Å²) in [7, 11) is 0. The maximum absolute atomic E-state index is 10.7. The van der Waals surface area contributed by atoms with Crippen molar-refractivity contribution in [2.24, 2.45) is 0 Å². The monoisotopic (exact) mass is 161 g/mol. The highest BCUT2D eigenvalue weighted by molar-refractivity contribution is 8.13. The van der Waals surface area contributed by atoms with Gasteiger partial charge < -0.3 is 5.32 Å². The van der Waals surface area contributed by atoms with Crippen LogP contribution in [-0.2, 0) is 9.59 Å². The fourth-order valence-corrected chi connectivity index (χ4v) is 0.905. The van der Waals surface area contributed by atoms with Gasteiger partial charge in [-0.1, -0.05) is 18.7 Å². The van der Waals surface area contributed by atoms with Gasteiger partial charge in [0, 0.05) is 6.92 Å². The van der Waals surface area contributed by atoms with E-state index >= 15 is 0 Å². The van der Waals surface area contributed by atoms with Crippen molar-refractivity contribution < 1.29 is 9.59 Å². The summed E-state index contributed by atoms with van der Waals surface area (Å²) in [6.45, 7) is 3.44. The molecule has 0 saturated carbocycles. The van der Waals surface area contributed by atoms with Crippen molar-refractivity contribution in [3.05, 3.63) is 0 Å². The molecule has 0 aromatic carbocycles. The molecule has 0 spiro atoms. The van der Waals surface area contributed by atoms with Crippen molar-refractivity contribution >= 4 is 22.8 Å². The van der Waals surface area contributed by atoms with Crippen LogP contribution >= 0.6 is 11.8 Å². The van der Waals surface area contributed by atoms with Crippen LogP contribution in [0.25, 0.3) is 0 Å². The zero-order chi connectivity index (χ0) is 7.98. The summed E-state index contributed by atoms with van der Waals surface area (Å²) in [4.78, 5) is 21.0. The second-order valence-electron chi connectivity index (χ2n) is 1.71. The second kappa shape index (κ2) is 5.29. The molecule has 0 aliphatic heterocycles. The van der Waals surface area contributed by atoms with E-state index in [4.69, 9.17) is 0 Å². The van der Waals surface area contributed by atoms with E-state index < -0.39 is 0 Å². The molecular formula is C6H11NO2S. The number of rotatable bonds is 3. The first kappa shape index (κ1) is 9.49. The Morgan fingerprint density at radius 3 is 2.50 bits per heavy atom. The minimum absolute atomic E-state index is 0.0118. The summed E-state index contributed by atoms with van der Waals surface area (Å²) in [5.74, 6) is 0.600. The van der Waals surface area contributed by atoms with Crippen LogP contribution in [0.1, 0.15) is 13.8 Å². The van der Waals surface area contributed by atoms with Crippen molar-refractivity contribution in [1.82, 2.24) is 5.32 Å². The molecule has 0 atom stereocenters. The lowest BCUT2D eigenvalue weighted by atomic mass is 10.6. The molecule has 4 heteroatoms. The summed E-state index contributed by atoms with van der Waals surface area (Å²) in [5.41, 5.74) is 0. The lowest BCUT2D eigenvalue weighted by molar-refractivity contribution is -0.121. The van der Waals surface area contributed by atoms with Gasteiger partial charge in [-0.15, -0.1) is 0 Å². The van der Waals surface area contributed by atoms with Crippen LogP contribution in [-0.4, -0.2) is 23.3 Å². The summed E-state index contributed by atoms with van der Waals surface area (Å²) >= 11 is 1.22. The summed E-state index contributed by atoms with van der Waals surface area (Å²) in [5, 5.41) is 2.43. The first-order chi connectivity index (χ1) is 4.66. The molecule has 0 radical (unpaired) electrons. The van der Waals surface area contributed by atoms with Gasteiger partial charge >= 0.3 is 0 Å². The number of amides is 1. The highest BCUT2D eigenvalue weighted by Crippen LogP contribution is 1.97. The maximum atomic E-state index is 10.7. The van der Waals surface area contributed by atoms with Gasteiger partial charge in [0.1, 0.15) is 0 Å². The molecule has 0 unspecified atom stereocenters. The molecule has 1 N–H and O–H groups in total.